The van der Waals surface area contributed by atoms with E-state index in [-0.39, 0.29) is 0 Å². The second kappa shape index (κ2) is 7.63. The Balaban J connectivity index is 4.28. The van der Waals surface area contributed by atoms with E-state index < -0.39 is 0 Å². The highest BCUT2D eigenvalue weighted by atomic mass is 16.5. The molecule has 0 aliphatic rings. The van der Waals surface area contributed by atoms with Crippen LogP contribution >= 0.6 is 0 Å². The summed E-state index contributed by atoms with van der Waals surface area (Å²) in [6.07, 6.45) is 11.3. The number of ether oxygens (including phenoxy) is 1. The number of hydrogen-bond donors (Lipinski definition) is 0. The molecule has 0 rings (SSSR count). The molecule has 0 aromatic rings. The van der Waals surface area contributed by atoms with Gasteiger partial charge in [0.15, 0.2) is 0 Å². The van der Waals surface area contributed by atoms with Gasteiger partial charge in [-0.1, -0.05) is 50.1 Å². The maximum absolute atomic E-state index is 4.90. The maximum atomic E-state index is 4.90. The lowest BCUT2D eigenvalue weighted by molar-refractivity contribution is 0.309. The van der Waals surface area contributed by atoms with E-state index in [0.29, 0.717) is 5.76 Å². The number of rotatable bonds is 6. The third kappa shape index (κ3) is 6.33. The summed E-state index contributed by atoms with van der Waals surface area (Å²) in [7, 11) is 1.58. The predicted octanol–water partition coefficient (Wildman–Crippen LogP) is 3.95. The summed E-state index contributed by atoms with van der Waals surface area (Å²) >= 11 is 0. The summed E-state index contributed by atoms with van der Waals surface area (Å²) in [6, 6.07) is 0. The highest BCUT2D eigenvalue weighted by molar-refractivity contribution is 5.44. The zero-order valence-electron chi connectivity index (χ0n) is 9.49. The van der Waals surface area contributed by atoms with Crippen molar-refractivity contribution in [2.24, 2.45) is 0 Å². The van der Waals surface area contributed by atoms with Gasteiger partial charge < -0.3 is 4.74 Å². The first-order valence-corrected chi connectivity index (χ1v) is 4.70. The first-order chi connectivity index (χ1) is 7.11. The fraction of sp³-hybridized carbons (Fsp3) is 0.143. The van der Waals surface area contributed by atoms with Crippen molar-refractivity contribution in [1.82, 2.24) is 0 Å². The van der Waals surface area contributed by atoms with Crippen molar-refractivity contribution in [3.8, 4) is 0 Å². The van der Waals surface area contributed by atoms with Gasteiger partial charge >= 0.3 is 0 Å². The molecule has 0 bridgehead atoms. The Kier molecular flexibility index (Phi) is 6.73. The van der Waals surface area contributed by atoms with Crippen LogP contribution in [0.4, 0.5) is 0 Å². The molecular weight excluding hydrogens is 184 g/mol. The summed E-state index contributed by atoms with van der Waals surface area (Å²) < 4.78 is 4.90. The van der Waals surface area contributed by atoms with E-state index in [1.165, 1.54) is 0 Å². The zero-order chi connectivity index (χ0) is 11.7. The summed E-state index contributed by atoms with van der Waals surface area (Å²) in [4.78, 5) is 0. The number of allylic oxidation sites excluding steroid dienone is 8. The van der Waals surface area contributed by atoms with E-state index in [1.807, 2.05) is 37.3 Å². The molecule has 0 saturated heterocycles. The molecule has 0 radical (unpaired) electrons. The van der Waals surface area contributed by atoms with Crippen molar-refractivity contribution in [3.05, 3.63) is 73.1 Å². The number of hydrogen-bond acceptors (Lipinski definition) is 1. The second-order valence-electron chi connectivity index (χ2n) is 2.94. The Labute approximate surface area is 92.5 Å². The normalized spacial score (nSPS) is 11.3. The van der Waals surface area contributed by atoms with Gasteiger partial charge in [-0.25, -0.2) is 0 Å². The summed E-state index contributed by atoms with van der Waals surface area (Å²) in [5.41, 5.74) is 1.71. The topological polar surface area (TPSA) is 9.23 Å². The van der Waals surface area contributed by atoms with Crippen LogP contribution < -0.4 is 0 Å². The Morgan fingerprint density at radius 3 is 2.07 bits per heavy atom. The molecule has 0 unspecified atom stereocenters. The third-order valence-electron chi connectivity index (χ3n) is 1.75. The van der Waals surface area contributed by atoms with Crippen molar-refractivity contribution < 1.29 is 4.74 Å². The predicted molar refractivity (Wildman–Crippen MR) is 67.5 cm³/mol. The minimum Gasteiger partial charge on any atom is -0.497 e. The average Bonchev–Trinajstić information content (AvgIpc) is 2.25. The van der Waals surface area contributed by atoms with Crippen molar-refractivity contribution >= 4 is 0 Å². The molecule has 0 aliphatic heterocycles. The Morgan fingerprint density at radius 2 is 1.53 bits per heavy atom. The van der Waals surface area contributed by atoms with Crippen LogP contribution in [0.2, 0.25) is 0 Å². The van der Waals surface area contributed by atoms with E-state index in [9.17, 15) is 0 Å². The molecule has 0 heterocycles. The van der Waals surface area contributed by atoms with Gasteiger partial charge in [-0.05, 0) is 24.1 Å². The number of methoxy groups -OCH3 is 1. The van der Waals surface area contributed by atoms with E-state index in [4.69, 9.17) is 4.74 Å². The minimum atomic E-state index is 0.599. The van der Waals surface area contributed by atoms with E-state index in [0.717, 1.165) is 11.1 Å². The average molecular weight is 202 g/mol. The molecule has 0 saturated carbocycles. The highest BCUT2D eigenvalue weighted by Gasteiger charge is 1.91. The van der Waals surface area contributed by atoms with Crippen LogP contribution in [0.25, 0.3) is 0 Å². The van der Waals surface area contributed by atoms with Gasteiger partial charge in [0, 0.05) is 0 Å². The molecule has 0 fully saturated rings. The smallest absolute Gasteiger partial charge is 0.111 e. The maximum Gasteiger partial charge on any atom is 0.111 e. The first-order valence-electron chi connectivity index (χ1n) is 4.70. The van der Waals surface area contributed by atoms with Gasteiger partial charge in [-0.15, -0.1) is 0 Å². The van der Waals surface area contributed by atoms with Crippen LogP contribution in [0.1, 0.15) is 6.92 Å². The van der Waals surface area contributed by atoms with Gasteiger partial charge in [-0.2, -0.15) is 0 Å². The van der Waals surface area contributed by atoms with Gasteiger partial charge in [0.25, 0.3) is 0 Å². The largest absolute Gasteiger partial charge is 0.497 e. The molecule has 0 aromatic carbocycles. The quantitative estimate of drug-likeness (QED) is 0.468. The van der Waals surface area contributed by atoms with E-state index >= 15 is 0 Å². The SMILES string of the molecule is C=C(C=CC(=C)C(=C)C=CC=CC)OC. The van der Waals surface area contributed by atoms with Crippen molar-refractivity contribution in [3.63, 3.8) is 0 Å². The lowest BCUT2D eigenvalue weighted by Crippen LogP contribution is -1.81. The lowest BCUT2D eigenvalue weighted by atomic mass is 10.1. The molecule has 1 nitrogen and oxygen atoms in total. The molecule has 0 N–H and O–H groups in total. The van der Waals surface area contributed by atoms with Crippen LogP contribution in [0, 0.1) is 0 Å². The first kappa shape index (κ1) is 13.2. The van der Waals surface area contributed by atoms with E-state index in [1.54, 1.807) is 13.2 Å². The molecule has 15 heavy (non-hydrogen) atoms. The lowest BCUT2D eigenvalue weighted by Gasteiger charge is -1.99. The molecule has 0 spiro atoms. The highest BCUT2D eigenvalue weighted by Crippen LogP contribution is 2.09. The fourth-order valence-electron chi connectivity index (χ4n) is 0.758. The van der Waals surface area contributed by atoms with Crippen molar-refractivity contribution in [2.75, 3.05) is 7.11 Å². The Hall–Kier alpha value is -1.76. The summed E-state index contributed by atoms with van der Waals surface area (Å²) in [5.74, 6) is 0.599. The molecular formula is C14H18O. The van der Waals surface area contributed by atoms with Crippen LogP contribution in [0.3, 0.4) is 0 Å². The van der Waals surface area contributed by atoms with Crippen LogP contribution in [-0.2, 0) is 4.74 Å². The third-order valence-corrected chi connectivity index (χ3v) is 1.75. The monoisotopic (exact) mass is 202 g/mol. The Morgan fingerprint density at radius 1 is 0.933 bits per heavy atom. The molecule has 1 heteroatoms. The van der Waals surface area contributed by atoms with Crippen molar-refractivity contribution in [1.29, 1.82) is 0 Å². The molecule has 0 amide bonds. The second-order valence-corrected chi connectivity index (χ2v) is 2.94. The van der Waals surface area contributed by atoms with Gasteiger partial charge in [0.2, 0.25) is 0 Å². The van der Waals surface area contributed by atoms with Crippen LogP contribution in [0.15, 0.2) is 73.1 Å². The zero-order valence-corrected chi connectivity index (χ0v) is 9.49. The standard InChI is InChI=1S/C14H18O/c1-6-7-8-9-12(2)13(3)10-11-14(4)15-5/h6-11H,2-4H2,1,5H3. The van der Waals surface area contributed by atoms with Crippen molar-refractivity contribution in [2.45, 2.75) is 6.92 Å². The Bertz CT molecular complexity index is 327. The van der Waals surface area contributed by atoms with Gasteiger partial charge in [0.1, 0.15) is 5.76 Å². The molecule has 0 atom stereocenters. The molecule has 0 aliphatic carbocycles. The van der Waals surface area contributed by atoms with Crippen LogP contribution in [-0.4, -0.2) is 7.11 Å². The molecule has 80 valence electrons. The minimum absolute atomic E-state index is 0.599. The van der Waals surface area contributed by atoms with E-state index in [2.05, 4.69) is 19.7 Å². The van der Waals surface area contributed by atoms with Crippen LogP contribution in [0.5, 0.6) is 0 Å². The summed E-state index contributed by atoms with van der Waals surface area (Å²) in [6.45, 7) is 13.4. The summed E-state index contributed by atoms with van der Waals surface area (Å²) in [5, 5.41) is 0. The van der Waals surface area contributed by atoms with Gasteiger partial charge in [-0.3, -0.25) is 0 Å². The molecule has 0 aromatic heterocycles. The fourth-order valence-corrected chi connectivity index (χ4v) is 0.758. The van der Waals surface area contributed by atoms with Gasteiger partial charge in [0.05, 0.1) is 7.11 Å².